The van der Waals surface area contributed by atoms with Crippen molar-refractivity contribution in [1.29, 1.82) is 0 Å². The lowest BCUT2D eigenvalue weighted by atomic mass is 9.79. The molecule has 1 heterocycles. The first-order valence-electron chi connectivity index (χ1n) is 7.37. The SMILES string of the molecule is O=C(O)CC1(Cc2nc(-c3ccc(Cl)cc3)no2)CCCC1. The fraction of sp³-hybridized carbons (Fsp3) is 0.438. The molecule has 5 nitrogen and oxygen atoms in total. The molecule has 0 spiro atoms. The third-order valence-electron chi connectivity index (χ3n) is 4.29. The number of hydrogen-bond acceptors (Lipinski definition) is 4. The summed E-state index contributed by atoms with van der Waals surface area (Å²) in [5, 5.41) is 13.8. The Morgan fingerprint density at radius 1 is 1.27 bits per heavy atom. The number of aliphatic carboxylic acids is 1. The highest BCUT2D eigenvalue weighted by atomic mass is 35.5. The zero-order valence-electron chi connectivity index (χ0n) is 12.1. The van der Waals surface area contributed by atoms with Crippen molar-refractivity contribution < 1.29 is 14.4 Å². The van der Waals surface area contributed by atoms with Gasteiger partial charge in [-0.3, -0.25) is 4.79 Å². The molecule has 116 valence electrons. The van der Waals surface area contributed by atoms with E-state index >= 15 is 0 Å². The summed E-state index contributed by atoms with van der Waals surface area (Å²) in [7, 11) is 0. The Morgan fingerprint density at radius 2 is 1.95 bits per heavy atom. The van der Waals surface area contributed by atoms with E-state index in [0.717, 1.165) is 31.2 Å². The average Bonchev–Trinajstić information content (AvgIpc) is 3.09. The lowest BCUT2D eigenvalue weighted by molar-refractivity contribution is -0.139. The Morgan fingerprint density at radius 3 is 2.59 bits per heavy atom. The molecule has 0 bridgehead atoms. The average molecular weight is 321 g/mol. The molecule has 1 aliphatic rings. The maximum absolute atomic E-state index is 11.1. The van der Waals surface area contributed by atoms with Crippen LogP contribution in [0.3, 0.4) is 0 Å². The highest BCUT2D eigenvalue weighted by Crippen LogP contribution is 2.43. The maximum atomic E-state index is 11.1. The van der Waals surface area contributed by atoms with Gasteiger partial charge in [-0.2, -0.15) is 4.98 Å². The van der Waals surface area contributed by atoms with Crippen molar-refractivity contribution in [3.8, 4) is 11.4 Å². The Labute approximate surface area is 133 Å². The minimum absolute atomic E-state index is 0.158. The number of nitrogens with zero attached hydrogens (tertiary/aromatic N) is 2. The van der Waals surface area contributed by atoms with Gasteiger partial charge in [0.1, 0.15) is 0 Å². The molecule has 1 aliphatic carbocycles. The summed E-state index contributed by atoms with van der Waals surface area (Å²) < 4.78 is 5.33. The molecular formula is C16H17ClN2O3. The summed E-state index contributed by atoms with van der Waals surface area (Å²) in [5.74, 6) is 0.252. The minimum Gasteiger partial charge on any atom is -0.481 e. The van der Waals surface area contributed by atoms with Crippen LogP contribution in [0.1, 0.15) is 38.0 Å². The second-order valence-electron chi connectivity index (χ2n) is 5.97. The highest BCUT2D eigenvalue weighted by molar-refractivity contribution is 6.30. The molecule has 0 atom stereocenters. The molecule has 0 saturated heterocycles. The molecule has 1 saturated carbocycles. The smallest absolute Gasteiger partial charge is 0.303 e. The molecule has 0 unspecified atom stereocenters. The summed E-state index contributed by atoms with van der Waals surface area (Å²) in [4.78, 5) is 15.5. The van der Waals surface area contributed by atoms with Gasteiger partial charge in [-0.15, -0.1) is 0 Å². The minimum atomic E-state index is -0.764. The van der Waals surface area contributed by atoms with Gasteiger partial charge >= 0.3 is 5.97 Å². The Hall–Kier alpha value is -1.88. The van der Waals surface area contributed by atoms with Gasteiger partial charge in [-0.05, 0) is 42.5 Å². The third-order valence-corrected chi connectivity index (χ3v) is 4.54. The summed E-state index contributed by atoms with van der Waals surface area (Å²) >= 11 is 5.86. The first kappa shape index (κ1) is 15.0. The number of carbonyl (C=O) groups is 1. The van der Waals surface area contributed by atoms with Crippen LogP contribution < -0.4 is 0 Å². The highest BCUT2D eigenvalue weighted by Gasteiger charge is 2.37. The first-order valence-corrected chi connectivity index (χ1v) is 7.74. The summed E-state index contributed by atoms with van der Waals surface area (Å²) in [5.41, 5.74) is 0.591. The number of halogens is 1. The van der Waals surface area contributed by atoms with E-state index in [1.54, 1.807) is 12.1 Å². The van der Waals surface area contributed by atoms with Gasteiger partial charge in [-0.25, -0.2) is 0 Å². The van der Waals surface area contributed by atoms with Crippen LogP contribution in [0, 0.1) is 5.41 Å². The molecule has 6 heteroatoms. The van der Waals surface area contributed by atoms with Crippen LogP contribution in [-0.4, -0.2) is 21.2 Å². The van der Waals surface area contributed by atoms with Crippen molar-refractivity contribution in [1.82, 2.24) is 10.1 Å². The van der Waals surface area contributed by atoms with Gasteiger partial charge in [0.05, 0.1) is 6.42 Å². The molecule has 0 radical (unpaired) electrons. The quantitative estimate of drug-likeness (QED) is 0.902. The second kappa shape index (κ2) is 6.08. The molecule has 1 fully saturated rings. The summed E-state index contributed by atoms with van der Waals surface area (Å²) in [6.45, 7) is 0. The molecular weight excluding hydrogens is 304 g/mol. The van der Waals surface area contributed by atoms with E-state index in [9.17, 15) is 4.79 Å². The number of hydrogen-bond donors (Lipinski definition) is 1. The molecule has 1 N–H and O–H groups in total. The number of benzene rings is 1. The predicted octanol–water partition coefficient (Wildman–Crippen LogP) is 3.97. The molecule has 0 amide bonds. The lowest BCUT2D eigenvalue weighted by Gasteiger charge is -2.24. The molecule has 2 aromatic rings. The first-order chi connectivity index (χ1) is 10.6. The number of rotatable bonds is 5. The van der Waals surface area contributed by atoms with Crippen LogP contribution in [-0.2, 0) is 11.2 Å². The van der Waals surface area contributed by atoms with Gasteiger partial charge in [0.15, 0.2) is 0 Å². The van der Waals surface area contributed by atoms with E-state index in [0.29, 0.717) is 23.2 Å². The summed E-state index contributed by atoms with van der Waals surface area (Å²) in [6.07, 6.45) is 4.61. The molecule has 22 heavy (non-hydrogen) atoms. The normalized spacial score (nSPS) is 16.8. The Balaban J connectivity index is 1.78. The van der Waals surface area contributed by atoms with Crippen molar-refractivity contribution in [2.45, 2.75) is 38.5 Å². The van der Waals surface area contributed by atoms with E-state index < -0.39 is 5.97 Å². The van der Waals surface area contributed by atoms with Crippen LogP contribution in [0.5, 0.6) is 0 Å². The van der Waals surface area contributed by atoms with Crippen LogP contribution in [0.25, 0.3) is 11.4 Å². The van der Waals surface area contributed by atoms with E-state index in [-0.39, 0.29) is 11.8 Å². The fourth-order valence-electron chi connectivity index (χ4n) is 3.23. The lowest BCUT2D eigenvalue weighted by Crippen LogP contribution is -2.23. The largest absolute Gasteiger partial charge is 0.481 e. The summed E-state index contributed by atoms with van der Waals surface area (Å²) in [6, 6.07) is 7.21. The zero-order chi connectivity index (χ0) is 15.6. The van der Waals surface area contributed by atoms with Gasteiger partial charge in [-0.1, -0.05) is 29.6 Å². The number of carboxylic acid groups (broad SMARTS) is 1. The van der Waals surface area contributed by atoms with Gasteiger partial charge in [0, 0.05) is 17.0 Å². The van der Waals surface area contributed by atoms with Crippen molar-refractivity contribution >= 4 is 17.6 Å². The molecule has 1 aromatic heterocycles. The topological polar surface area (TPSA) is 76.2 Å². The Bertz CT molecular complexity index is 660. The van der Waals surface area contributed by atoms with Crippen molar-refractivity contribution in [2.24, 2.45) is 5.41 Å². The van der Waals surface area contributed by atoms with E-state index in [4.69, 9.17) is 21.2 Å². The number of carboxylic acids is 1. The Kier molecular flexibility index (Phi) is 4.16. The van der Waals surface area contributed by atoms with Crippen molar-refractivity contribution in [2.75, 3.05) is 0 Å². The van der Waals surface area contributed by atoms with Crippen LogP contribution in [0.15, 0.2) is 28.8 Å². The fourth-order valence-corrected chi connectivity index (χ4v) is 3.35. The van der Waals surface area contributed by atoms with Gasteiger partial charge < -0.3 is 9.63 Å². The van der Waals surface area contributed by atoms with Crippen molar-refractivity contribution in [3.05, 3.63) is 35.2 Å². The molecule has 1 aromatic carbocycles. The van der Waals surface area contributed by atoms with Crippen LogP contribution in [0.2, 0.25) is 5.02 Å². The second-order valence-corrected chi connectivity index (χ2v) is 6.41. The van der Waals surface area contributed by atoms with E-state index in [1.165, 1.54) is 0 Å². The molecule has 3 rings (SSSR count). The third kappa shape index (κ3) is 3.30. The van der Waals surface area contributed by atoms with Gasteiger partial charge in [0.25, 0.3) is 0 Å². The van der Waals surface area contributed by atoms with Crippen LogP contribution in [0.4, 0.5) is 0 Å². The van der Waals surface area contributed by atoms with Crippen molar-refractivity contribution in [3.63, 3.8) is 0 Å². The number of aromatic nitrogens is 2. The zero-order valence-corrected chi connectivity index (χ0v) is 12.8. The van der Waals surface area contributed by atoms with Gasteiger partial charge in [0.2, 0.25) is 11.7 Å². The van der Waals surface area contributed by atoms with E-state index in [2.05, 4.69) is 10.1 Å². The monoisotopic (exact) mass is 320 g/mol. The van der Waals surface area contributed by atoms with E-state index in [1.807, 2.05) is 12.1 Å². The molecule has 0 aliphatic heterocycles. The van der Waals surface area contributed by atoms with Crippen LogP contribution >= 0.6 is 11.6 Å². The maximum Gasteiger partial charge on any atom is 0.303 e. The predicted molar refractivity (Wildman–Crippen MR) is 81.6 cm³/mol. The standard InChI is InChI=1S/C16H17ClN2O3/c17-12-5-3-11(4-6-12)15-18-13(22-19-15)9-16(10-14(20)21)7-1-2-8-16/h3-6H,1-2,7-10H2,(H,20,21).